The highest BCUT2D eigenvalue weighted by atomic mass is 16.5. The van der Waals surface area contributed by atoms with E-state index in [1.54, 1.807) is 0 Å². The molecule has 1 atom stereocenters. The van der Waals surface area contributed by atoms with Crippen molar-refractivity contribution in [1.82, 2.24) is 20.2 Å². The highest BCUT2D eigenvalue weighted by Gasteiger charge is 2.22. The van der Waals surface area contributed by atoms with Gasteiger partial charge in [-0.2, -0.15) is 0 Å². The van der Waals surface area contributed by atoms with Gasteiger partial charge in [-0.1, -0.05) is 13.8 Å². The third-order valence-corrected chi connectivity index (χ3v) is 5.50. The predicted octanol–water partition coefficient (Wildman–Crippen LogP) is 0.321. The molecule has 1 aromatic heterocycles. The smallest absolute Gasteiger partial charge is 0.255 e. The lowest BCUT2D eigenvalue weighted by atomic mass is 10.1. The van der Waals surface area contributed by atoms with Crippen LogP contribution < -0.4 is 15.8 Å². The van der Waals surface area contributed by atoms with Crippen LogP contribution >= 0.6 is 0 Å². The van der Waals surface area contributed by atoms with Crippen LogP contribution in [0.4, 0.5) is 5.95 Å². The van der Waals surface area contributed by atoms with Gasteiger partial charge in [-0.25, -0.2) is 4.98 Å². The number of morpholine rings is 2. The zero-order chi connectivity index (χ0) is 21.5. The number of hydrogen-bond acceptors (Lipinski definition) is 7. The van der Waals surface area contributed by atoms with Gasteiger partial charge in [0, 0.05) is 56.9 Å². The first-order chi connectivity index (χ1) is 14.4. The van der Waals surface area contributed by atoms with Crippen LogP contribution in [0.5, 0.6) is 0 Å². The molecule has 168 valence electrons. The molecule has 2 aliphatic heterocycles. The number of carbonyl (C=O) groups is 1. The summed E-state index contributed by atoms with van der Waals surface area (Å²) < 4.78 is 11.1. The van der Waals surface area contributed by atoms with Crippen molar-refractivity contribution in [1.29, 1.82) is 0 Å². The minimum atomic E-state index is -0.170. The molecule has 2 aliphatic rings. The normalized spacial score (nSPS) is 20.5. The molecule has 1 amide bonds. The second-order valence-electron chi connectivity index (χ2n) is 8.50. The van der Waals surface area contributed by atoms with E-state index >= 15 is 0 Å². The Bertz CT molecular complexity index is 760. The highest BCUT2D eigenvalue weighted by molar-refractivity contribution is 5.76. The van der Waals surface area contributed by atoms with E-state index in [-0.39, 0.29) is 24.0 Å². The maximum atomic E-state index is 12.5. The van der Waals surface area contributed by atoms with Crippen LogP contribution in [-0.2, 0) is 20.7 Å². The van der Waals surface area contributed by atoms with E-state index < -0.39 is 0 Å². The molecule has 3 heterocycles. The van der Waals surface area contributed by atoms with Crippen molar-refractivity contribution in [3.8, 4) is 0 Å². The summed E-state index contributed by atoms with van der Waals surface area (Å²) in [5.74, 6) is 1.12. The van der Waals surface area contributed by atoms with Crippen LogP contribution in [0.25, 0.3) is 0 Å². The second kappa shape index (κ2) is 10.9. The maximum absolute atomic E-state index is 12.5. The summed E-state index contributed by atoms with van der Waals surface area (Å²) in [7, 11) is 0. The van der Waals surface area contributed by atoms with E-state index in [2.05, 4.69) is 34.0 Å². The molecule has 2 saturated heterocycles. The molecule has 3 rings (SSSR count). The Labute approximate surface area is 178 Å². The number of nitrogens with one attached hydrogen (secondary N) is 2. The van der Waals surface area contributed by atoms with Gasteiger partial charge >= 0.3 is 0 Å². The average molecular weight is 422 g/mol. The fourth-order valence-corrected chi connectivity index (χ4v) is 3.96. The number of hydrogen-bond donors (Lipinski definition) is 2. The molecular weight excluding hydrogens is 386 g/mol. The van der Waals surface area contributed by atoms with Crippen LogP contribution in [0.1, 0.15) is 31.5 Å². The maximum Gasteiger partial charge on any atom is 0.255 e. The van der Waals surface area contributed by atoms with Crippen molar-refractivity contribution < 1.29 is 14.3 Å². The van der Waals surface area contributed by atoms with E-state index in [4.69, 9.17) is 9.47 Å². The number of amides is 1. The van der Waals surface area contributed by atoms with E-state index in [1.165, 1.54) is 0 Å². The molecule has 30 heavy (non-hydrogen) atoms. The van der Waals surface area contributed by atoms with E-state index in [0.29, 0.717) is 69.0 Å². The molecule has 1 aromatic rings. The number of anilines is 1. The van der Waals surface area contributed by atoms with Crippen molar-refractivity contribution in [2.45, 2.75) is 39.7 Å². The number of nitrogens with zero attached hydrogens (tertiary/aromatic N) is 3. The summed E-state index contributed by atoms with van der Waals surface area (Å²) in [5, 5.41) is 2.95. The zero-order valence-corrected chi connectivity index (χ0v) is 18.4. The first kappa shape index (κ1) is 22.7. The molecule has 2 fully saturated rings. The van der Waals surface area contributed by atoms with Gasteiger partial charge in [0.1, 0.15) is 0 Å². The minimum absolute atomic E-state index is 0.0149. The number of aryl methyl sites for hydroxylation is 1. The summed E-state index contributed by atoms with van der Waals surface area (Å²) in [5.41, 5.74) is 1.07. The van der Waals surface area contributed by atoms with Crippen LogP contribution in [0, 0.1) is 12.8 Å². The third kappa shape index (κ3) is 6.52. The van der Waals surface area contributed by atoms with Crippen LogP contribution in [0.15, 0.2) is 4.79 Å². The number of carbonyl (C=O) groups excluding carboxylic acids is 1. The lowest BCUT2D eigenvalue weighted by molar-refractivity contribution is -0.122. The Morgan fingerprint density at radius 1 is 1.27 bits per heavy atom. The first-order valence-electron chi connectivity index (χ1n) is 11.0. The Balaban J connectivity index is 1.47. The number of ether oxygens (including phenoxy) is 2. The monoisotopic (exact) mass is 421 g/mol. The Kier molecular flexibility index (Phi) is 8.24. The number of H-pyrrole nitrogens is 1. The predicted molar refractivity (Wildman–Crippen MR) is 115 cm³/mol. The van der Waals surface area contributed by atoms with Gasteiger partial charge in [-0.15, -0.1) is 0 Å². The highest BCUT2D eigenvalue weighted by Crippen LogP contribution is 2.11. The van der Waals surface area contributed by atoms with E-state index in [9.17, 15) is 9.59 Å². The van der Waals surface area contributed by atoms with Gasteiger partial charge in [0.05, 0.1) is 25.9 Å². The molecule has 2 N–H and O–H groups in total. The number of aromatic nitrogens is 2. The van der Waals surface area contributed by atoms with E-state index in [1.807, 2.05) is 11.8 Å². The third-order valence-electron chi connectivity index (χ3n) is 5.50. The Hall–Kier alpha value is -1.97. The van der Waals surface area contributed by atoms with Crippen molar-refractivity contribution in [2.75, 3.05) is 64.0 Å². The minimum Gasteiger partial charge on any atom is -0.378 e. The van der Waals surface area contributed by atoms with Gasteiger partial charge < -0.3 is 19.7 Å². The SMILES string of the molecule is Cc1nc(N2CCOCC2)[nH]c(=O)c1CCC(=O)NC[C@@H]1CN(CC(C)C)CCO1. The van der Waals surface area contributed by atoms with Crippen LogP contribution in [-0.4, -0.2) is 86.0 Å². The van der Waals surface area contributed by atoms with Crippen LogP contribution in [0.3, 0.4) is 0 Å². The van der Waals surface area contributed by atoms with Gasteiger partial charge in [0.25, 0.3) is 5.56 Å². The Morgan fingerprint density at radius 2 is 2.03 bits per heavy atom. The fourth-order valence-electron chi connectivity index (χ4n) is 3.96. The fraction of sp³-hybridized carbons (Fsp3) is 0.762. The molecule has 0 aromatic carbocycles. The second-order valence-corrected chi connectivity index (χ2v) is 8.50. The quantitative estimate of drug-likeness (QED) is 0.624. The number of aromatic amines is 1. The van der Waals surface area contributed by atoms with E-state index in [0.717, 1.165) is 19.6 Å². The van der Waals surface area contributed by atoms with Gasteiger partial charge in [0.2, 0.25) is 11.9 Å². The molecule has 0 saturated carbocycles. The molecule has 9 nitrogen and oxygen atoms in total. The molecule has 0 bridgehead atoms. The molecule has 0 spiro atoms. The standard InChI is InChI=1S/C21H35N5O4/c1-15(2)13-25-6-11-30-17(14-25)12-22-19(27)5-4-18-16(3)23-21(24-20(18)28)26-7-9-29-10-8-26/h15,17H,4-14H2,1-3H3,(H,22,27)(H,23,24,28)/t17-/m1/s1. The van der Waals surface area contributed by atoms with Crippen molar-refractivity contribution >= 4 is 11.9 Å². The molecule has 0 unspecified atom stereocenters. The zero-order valence-electron chi connectivity index (χ0n) is 18.4. The van der Waals surface area contributed by atoms with Gasteiger partial charge in [0.15, 0.2) is 0 Å². The summed E-state index contributed by atoms with van der Waals surface area (Å²) >= 11 is 0. The summed E-state index contributed by atoms with van der Waals surface area (Å²) in [6.07, 6.45) is 0.639. The lowest BCUT2D eigenvalue weighted by Gasteiger charge is -2.33. The summed E-state index contributed by atoms with van der Waals surface area (Å²) in [6.45, 7) is 12.9. The molecule has 0 aliphatic carbocycles. The van der Waals surface area contributed by atoms with Crippen molar-refractivity contribution in [2.24, 2.45) is 5.92 Å². The summed E-state index contributed by atoms with van der Waals surface area (Å²) in [6, 6.07) is 0. The lowest BCUT2D eigenvalue weighted by Crippen LogP contribution is -2.48. The largest absolute Gasteiger partial charge is 0.378 e. The molecule has 0 radical (unpaired) electrons. The van der Waals surface area contributed by atoms with Crippen LogP contribution in [0.2, 0.25) is 0 Å². The van der Waals surface area contributed by atoms with Gasteiger partial charge in [-0.3, -0.25) is 19.5 Å². The first-order valence-corrected chi connectivity index (χ1v) is 11.0. The number of rotatable bonds is 8. The van der Waals surface area contributed by atoms with Crippen molar-refractivity contribution in [3.05, 3.63) is 21.6 Å². The topological polar surface area (TPSA) is 99.8 Å². The summed E-state index contributed by atoms with van der Waals surface area (Å²) in [4.78, 5) is 36.7. The molecular formula is C21H35N5O4. The van der Waals surface area contributed by atoms with Crippen molar-refractivity contribution in [3.63, 3.8) is 0 Å². The van der Waals surface area contributed by atoms with Gasteiger partial charge in [-0.05, 0) is 19.3 Å². The Morgan fingerprint density at radius 3 is 2.73 bits per heavy atom. The molecule has 9 heteroatoms. The average Bonchev–Trinajstić information content (AvgIpc) is 2.72.